The van der Waals surface area contributed by atoms with Crippen LogP contribution in [0.1, 0.15) is 31.8 Å². The van der Waals surface area contributed by atoms with Crippen LogP contribution >= 0.6 is 11.6 Å². The zero-order chi connectivity index (χ0) is 28.3. The molecular weight excluding hydrogens is 536 g/mol. The summed E-state index contributed by atoms with van der Waals surface area (Å²) in [7, 11) is 1.54. The van der Waals surface area contributed by atoms with Gasteiger partial charge in [-0.3, -0.25) is 14.4 Å². The van der Waals surface area contributed by atoms with Crippen LogP contribution in [0.4, 0.5) is 11.4 Å². The first kappa shape index (κ1) is 25.3. The van der Waals surface area contributed by atoms with E-state index in [4.69, 9.17) is 16.3 Å². The highest BCUT2D eigenvalue weighted by molar-refractivity contribution is 6.31. The Hall–Kier alpha value is -4.68. The maximum atomic E-state index is 14.8. The molecule has 4 aromatic rings. The van der Waals surface area contributed by atoms with Crippen LogP contribution in [-0.4, -0.2) is 36.7 Å². The summed E-state index contributed by atoms with van der Waals surface area (Å²) in [4.78, 5) is 45.8. The lowest BCUT2D eigenvalue weighted by atomic mass is 9.64. The first-order chi connectivity index (χ1) is 19.9. The van der Waals surface area contributed by atoms with E-state index in [0.717, 1.165) is 11.3 Å². The van der Waals surface area contributed by atoms with E-state index < -0.39 is 23.4 Å². The zero-order valence-electron chi connectivity index (χ0n) is 22.1. The number of hydrogen-bond acceptors (Lipinski definition) is 5. The van der Waals surface area contributed by atoms with Crippen molar-refractivity contribution in [2.45, 2.75) is 17.5 Å². The quantitative estimate of drug-likeness (QED) is 0.294. The van der Waals surface area contributed by atoms with Crippen LogP contribution in [0.5, 0.6) is 5.75 Å². The molecule has 0 aliphatic carbocycles. The minimum absolute atomic E-state index is 0.234. The van der Waals surface area contributed by atoms with Crippen LogP contribution in [0.15, 0.2) is 103 Å². The van der Waals surface area contributed by atoms with Crippen LogP contribution in [0.3, 0.4) is 0 Å². The summed E-state index contributed by atoms with van der Waals surface area (Å²) < 4.78 is 5.43. The topological polar surface area (TPSA) is 75.7 Å². The summed E-state index contributed by atoms with van der Waals surface area (Å²) in [6.45, 7) is 0. The van der Waals surface area contributed by atoms with E-state index in [1.165, 1.54) is 7.11 Å². The smallest absolute Gasteiger partial charge is 0.238 e. The Labute approximate surface area is 242 Å². The average molecular weight is 561 g/mol. The number of para-hydroxylation sites is 1. The largest absolute Gasteiger partial charge is 0.497 e. The summed E-state index contributed by atoms with van der Waals surface area (Å²) in [5.41, 5.74) is 2.37. The fourth-order valence-corrected chi connectivity index (χ4v) is 7.06. The van der Waals surface area contributed by atoms with Gasteiger partial charge in [0, 0.05) is 27.5 Å². The predicted molar refractivity (Wildman–Crippen MR) is 159 cm³/mol. The van der Waals surface area contributed by atoms with E-state index >= 15 is 0 Å². The number of Topliss-reactive ketones (excluding diaryl/α,β-unsaturated/α-hetero) is 2. The molecule has 0 saturated carbocycles. The lowest BCUT2D eigenvalue weighted by molar-refractivity contribution is -0.121. The van der Waals surface area contributed by atoms with Gasteiger partial charge in [0.05, 0.1) is 19.1 Å². The molecule has 41 heavy (non-hydrogen) atoms. The molecule has 1 amide bonds. The van der Waals surface area contributed by atoms with Gasteiger partial charge in [-0.1, -0.05) is 84.4 Å². The molecule has 3 aliphatic rings. The third-order valence-corrected chi connectivity index (χ3v) is 8.79. The van der Waals surface area contributed by atoms with Crippen molar-refractivity contribution in [1.82, 2.24) is 0 Å². The highest BCUT2D eigenvalue weighted by Crippen LogP contribution is 2.58. The van der Waals surface area contributed by atoms with E-state index in [9.17, 15) is 14.4 Å². The molecule has 7 heteroatoms. The molecule has 7 rings (SSSR count). The molecule has 0 aromatic heterocycles. The maximum Gasteiger partial charge on any atom is 0.238 e. The highest BCUT2D eigenvalue weighted by Gasteiger charge is 2.70. The number of ether oxygens (including phenoxy) is 1. The molecule has 1 spiro atoms. The van der Waals surface area contributed by atoms with Gasteiger partial charge in [0.15, 0.2) is 11.6 Å². The van der Waals surface area contributed by atoms with Crippen molar-refractivity contribution >= 4 is 46.5 Å². The first-order valence-corrected chi connectivity index (χ1v) is 13.8. The minimum Gasteiger partial charge on any atom is -0.497 e. The Bertz CT molecular complexity index is 1770. The highest BCUT2D eigenvalue weighted by atomic mass is 35.5. The van der Waals surface area contributed by atoms with E-state index in [1.807, 2.05) is 59.5 Å². The van der Waals surface area contributed by atoms with Gasteiger partial charge < -0.3 is 15.0 Å². The molecule has 1 N–H and O–H groups in total. The summed E-state index contributed by atoms with van der Waals surface area (Å²) in [5.74, 6) is -1.38. The van der Waals surface area contributed by atoms with Crippen molar-refractivity contribution in [2.75, 3.05) is 17.3 Å². The number of carbonyl (C=O) groups excluding carboxylic acids is 3. The van der Waals surface area contributed by atoms with Crippen molar-refractivity contribution in [2.24, 2.45) is 5.92 Å². The first-order valence-electron chi connectivity index (χ1n) is 13.4. The van der Waals surface area contributed by atoms with Gasteiger partial charge in [-0.25, -0.2) is 0 Å². The standard InChI is InChI=1S/C34H25ClN2O4/c1-41-24-11-7-10-22(19-24)31(38)29-30(32(39)20-8-3-2-4-9-20)37-27-16-15-23(35)18-21(27)14-17-28(37)34(29)25-12-5-6-13-26(25)36-33(34)40/h2-19,28-30H,1H3,(H,36,40). The van der Waals surface area contributed by atoms with Crippen molar-refractivity contribution in [3.8, 4) is 5.75 Å². The van der Waals surface area contributed by atoms with E-state index in [-0.39, 0.29) is 17.5 Å². The Morgan fingerprint density at radius 3 is 2.44 bits per heavy atom. The Morgan fingerprint density at radius 2 is 1.63 bits per heavy atom. The Balaban J connectivity index is 1.54. The summed E-state index contributed by atoms with van der Waals surface area (Å²) in [6, 6.07) is 27.1. The average Bonchev–Trinajstić information content (AvgIpc) is 3.49. The monoisotopic (exact) mass is 560 g/mol. The van der Waals surface area contributed by atoms with Crippen molar-refractivity contribution in [3.05, 3.63) is 130 Å². The summed E-state index contributed by atoms with van der Waals surface area (Å²) in [6.07, 6.45) is 3.87. The number of benzene rings is 4. The van der Waals surface area contributed by atoms with E-state index in [0.29, 0.717) is 33.1 Å². The third kappa shape index (κ3) is 3.60. The molecule has 0 bridgehead atoms. The van der Waals surface area contributed by atoms with Gasteiger partial charge in [0.2, 0.25) is 5.91 Å². The SMILES string of the molecule is COc1cccc(C(=O)C2C(C(=O)c3ccccc3)N3c4ccc(Cl)cc4C=CC3C23C(=O)Nc2ccccc23)c1. The number of amides is 1. The lowest BCUT2D eigenvalue weighted by Gasteiger charge is -2.37. The number of fused-ring (bicyclic) bond motifs is 6. The molecule has 3 heterocycles. The number of rotatable bonds is 5. The van der Waals surface area contributed by atoms with E-state index in [1.54, 1.807) is 54.6 Å². The van der Waals surface area contributed by atoms with Gasteiger partial charge in [-0.05, 0) is 47.5 Å². The molecule has 202 valence electrons. The van der Waals surface area contributed by atoms with Gasteiger partial charge >= 0.3 is 0 Å². The van der Waals surface area contributed by atoms with E-state index in [2.05, 4.69) is 5.32 Å². The number of carbonyl (C=O) groups is 3. The fraction of sp³-hybridized carbons (Fsp3) is 0.147. The van der Waals surface area contributed by atoms with Crippen LogP contribution in [0.25, 0.3) is 6.08 Å². The van der Waals surface area contributed by atoms with Crippen molar-refractivity contribution in [3.63, 3.8) is 0 Å². The number of ketones is 2. The Kier molecular flexibility index (Phi) is 5.84. The Morgan fingerprint density at radius 1 is 0.878 bits per heavy atom. The number of nitrogens with one attached hydrogen (secondary N) is 1. The lowest BCUT2D eigenvalue weighted by Crippen LogP contribution is -2.51. The number of nitrogens with zero attached hydrogens (tertiary/aromatic N) is 1. The van der Waals surface area contributed by atoms with Crippen LogP contribution in [0.2, 0.25) is 5.02 Å². The van der Waals surface area contributed by atoms with Crippen LogP contribution in [-0.2, 0) is 10.2 Å². The van der Waals surface area contributed by atoms with Crippen molar-refractivity contribution < 1.29 is 19.1 Å². The second kappa shape index (κ2) is 9.46. The summed E-state index contributed by atoms with van der Waals surface area (Å²) >= 11 is 6.36. The maximum absolute atomic E-state index is 14.8. The molecule has 4 unspecified atom stereocenters. The zero-order valence-corrected chi connectivity index (χ0v) is 22.8. The molecule has 0 radical (unpaired) electrons. The van der Waals surface area contributed by atoms with Crippen LogP contribution < -0.4 is 15.0 Å². The molecule has 3 aliphatic heterocycles. The fourth-order valence-electron chi connectivity index (χ4n) is 6.88. The van der Waals surface area contributed by atoms with Gasteiger partial charge in [0.1, 0.15) is 17.2 Å². The third-order valence-electron chi connectivity index (χ3n) is 8.56. The van der Waals surface area contributed by atoms with Crippen LogP contribution in [0, 0.1) is 5.92 Å². The number of methoxy groups -OCH3 is 1. The van der Waals surface area contributed by atoms with Gasteiger partial charge in [-0.15, -0.1) is 0 Å². The molecule has 4 atom stereocenters. The second-order valence-electron chi connectivity index (χ2n) is 10.5. The molecule has 1 fully saturated rings. The summed E-state index contributed by atoms with van der Waals surface area (Å²) in [5, 5.41) is 3.60. The minimum atomic E-state index is -1.38. The number of anilines is 2. The predicted octanol–water partition coefficient (Wildman–Crippen LogP) is 6.20. The van der Waals surface area contributed by atoms with Crippen molar-refractivity contribution in [1.29, 1.82) is 0 Å². The molecule has 6 nitrogen and oxygen atoms in total. The molecule has 4 aromatic carbocycles. The molecule has 1 saturated heterocycles. The number of halogens is 1. The number of hydrogen-bond donors (Lipinski definition) is 1. The second-order valence-corrected chi connectivity index (χ2v) is 11.0. The molecular formula is C34H25ClN2O4. The normalized spacial score (nSPS) is 23.5. The van der Waals surface area contributed by atoms with Gasteiger partial charge in [0.25, 0.3) is 0 Å². The van der Waals surface area contributed by atoms with Gasteiger partial charge in [-0.2, -0.15) is 0 Å².